The molecule has 0 radical (unpaired) electrons. The molecule has 29 heavy (non-hydrogen) atoms. The van der Waals surface area contributed by atoms with Crippen molar-refractivity contribution in [3.63, 3.8) is 0 Å². The number of nitrogens with zero attached hydrogens (tertiary/aromatic N) is 2. The van der Waals surface area contributed by atoms with E-state index in [1.165, 1.54) is 5.56 Å². The second-order valence-electron chi connectivity index (χ2n) is 6.94. The summed E-state index contributed by atoms with van der Waals surface area (Å²) in [6, 6.07) is 13.0. The van der Waals surface area contributed by atoms with Crippen LogP contribution < -0.4 is 4.74 Å². The van der Waals surface area contributed by atoms with Crippen LogP contribution in [0.15, 0.2) is 65.5 Å². The van der Waals surface area contributed by atoms with Gasteiger partial charge in [0.2, 0.25) is 0 Å². The number of halogens is 1. The van der Waals surface area contributed by atoms with Crippen LogP contribution in [0.2, 0.25) is 0 Å². The Morgan fingerprint density at radius 3 is 2.52 bits per heavy atom. The Kier molecular flexibility index (Phi) is 7.47. The van der Waals surface area contributed by atoms with Crippen LogP contribution in [-0.4, -0.2) is 27.2 Å². The van der Waals surface area contributed by atoms with E-state index in [0.717, 1.165) is 40.7 Å². The highest BCUT2D eigenvalue weighted by Gasteiger charge is 2.19. The van der Waals surface area contributed by atoms with Gasteiger partial charge in [0.25, 0.3) is 0 Å². The Morgan fingerprint density at radius 1 is 1.17 bits per heavy atom. The second-order valence-corrected chi connectivity index (χ2v) is 7.86. The van der Waals surface area contributed by atoms with Gasteiger partial charge in [-0.1, -0.05) is 25.1 Å². The number of aliphatic carboxylic acids is 1. The quantitative estimate of drug-likeness (QED) is 0.431. The lowest BCUT2D eigenvalue weighted by molar-refractivity contribution is -0.140. The maximum Gasteiger partial charge on any atom is 0.327 e. The highest BCUT2D eigenvalue weighted by Crippen LogP contribution is 2.21. The van der Waals surface area contributed by atoms with Gasteiger partial charge >= 0.3 is 5.97 Å². The van der Waals surface area contributed by atoms with Crippen molar-refractivity contribution in [2.75, 3.05) is 6.61 Å². The lowest BCUT2D eigenvalue weighted by Gasteiger charge is -2.15. The maximum atomic E-state index is 11.6. The van der Waals surface area contributed by atoms with E-state index in [9.17, 15) is 9.90 Å². The van der Waals surface area contributed by atoms with E-state index >= 15 is 0 Å². The van der Waals surface area contributed by atoms with Gasteiger partial charge in [0.15, 0.2) is 0 Å². The van der Waals surface area contributed by atoms with Gasteiger partial charge in [-0.05, 0) is 70.6 Å². The molecule has 1 atom stereocenters. The molecule has 0 aliphatic carbocycles. The van der Waals surface area contributed by atoms with Crippen LogP contribution in [0.5, 0.6) is 5.75 Å². The van der Waals surface area contributed by atoms with Crippen LogP contribution in [0.3, 0.4) is 0 Å². The Balaban J connectivity index is 1.48. The number of rotatable bonds is 10. The molecule has 6 heteroatoms. The number of carboxylic acid groups (broad SMARTS) is 1. The molecular formula is C23H25BrN2O3. The number of carboxylic acids is 1. The predicted octanol–water partition coefficient (Wildman–Crippen LogP) is 5.09. The molecule has 0 spiro atoms. The molecule has 3 aromatic rings. The van der Waals surface area contributed by atoms with Gasteiger partial charge in [-0.3, -0.25) is 4.98 Å². The molecule has 0 amide bonds. The van der Waals surface area contributed by atoms with E-state index in [1.807, 2.05) is 36.5 Å². The van der Waals surface area contributed by atoms with Crippen LogP contribution in [0.25, 0.3) is 0 Å². The predicted molar refractivity (Wildman–Crippen MR) is 116 cm³/mol. The number of hydrogen-bond acceptors (Lipinski definition) is 3. The molecular weight excluding hydrogens is 432 g/mol. The first-order chi connectivity index (χ1) is 14.0. The van der Waals surface area contributed by atoms with Crippen molar-refractivity contribution in [1.29, 1.82) is 0 Å². The molecule has 0 aliphatic rings. The van der Waals surface area contributed by atoms with Gasteiger partial charge in [0, 0.05) is 35.2 Å². The third-order valence-corrected chi connectivity index (χ3v) is 5.28. The first-order valence-corrected chi connectivity index (χ1v) is 10.6. The fraction of sp³-hybridized carbons (Fsp3) is 0.304. The number of pyridine rings is 1. The van der Waals surface area contributed by atoms with Crippen molar-refractivity contribution in [3.8, 4) is 5.75 Å². The highest BCUT2D eigenvalue weighted by atomic mass is 79.9. The smallest absolute Gasteiger partial charge is 0.327 e. The Bertz CT molecular complexity index is 920. The van der Waals surface area contributed by atoms with Gasteiger partial charge in [-0.25, -0.2) is 4.79 Å². The summed E-state index contributed by atoms with van der Waals surface area (Å²) in [5, 5.41) is 9.55. The summed E-state index contributed by atoms with van der Waals surface area (Å²) in [5.41, 5.74) is 3.28. The fourth-order valence-corrected chi connectivity index (χ4v) is 3.45. The van der Waals surface area contributed by atoms with Gasteiger partial charge in [-0.2, -0.15) is 0 Å². The summed E-state index contributed by atoms with van der Waals surface area (Å²) in [7, 11) is 0. The summed E-state index contributed by atoms with van der Waals surface area (Å²) < 4.78 is 8.38. The Hall–Kier alpha value is -2.60. The second kappa shape index (κ2) is 10.3. The summed E-state index contributed by atoms with van der Waals surface area (Å²) in [4.78, 5) is 16.1. The average molecular weight is 457 g/mol. The molecule has 0 bridgehead atoms. The number of ether oxygens (including phenoxy) is 1. The molecule has 2 heterocycles. The zero-order valence-electron chi connectivity index (χ0n) is 16.4. The number of carbonyl (C=O) groups is 1. The van der Waals surface area contributed by atoms with Crippen molar-refractivity contribution in [1.82, 2.24) is 9.55 Å². The van der Waals surface area contributed by atoms with Crippen molar-refractivity contribution in [2.24, 2.45) is 0 Å². The van der Waals surface area contributed by atoms with Crippen molar-refractivity contribution >= 4 is 21.9 Å². The van der Waals surface area contributed by atoms with E-state index in [4.69, 9.17) is 4.74 Å². The summed E-state index contributed by atoms with van der Waals surface area (Å²) in [6.07, 6.45) is 8.68. The third kappa shape index (κ3) is 6.19. The minimum Gasteiger partial charge on any atom is -0.494 e. The third-order valence-electron chi connectivity index (χ3n) is 4.82. The minimum atomic E-state index is -0.853. The molecule has 0 aliphatic heterocycles. The highest BCUT2D eigenvalue weighted by molar-refractivity contribution is 9.10. The summed E-state index contributed by atoms with van der Waals surface area (Å²) >= 11 is 3.36. The van der Waals surface area contributed by atoms with Gasteiger partial charge in [0.05, 0.1) is 6.61 Å². The molecule has 3 rings (SSSR count). The normalized spacial score (nSPS) is 11.9. The first kappa shape index (κ1) is 21.1. The lowest BCUT2D eigenvalue weighted by Crippen LogP contribution is -2.20. The maximum absolute atomic E-state index is 11.6. The van der Waals surface area contributed by atoms with E-state index in [2.05, 4.69) is 40.0 Å². The monoisotopic (exact) mass is 456 g/mol. The topological polar surface area (TPSA) is 64.3 Å². The number of aryl methyl sites for hydroxylation is 2. The van der Waals surface area contributed by atoms with Crippen LogP contribution in [-0.2, 0) is 24.1 Å². The molecule has 0 saturated carbocycles. The largest absolute Gasteiger partial charge is 0.494 e. The molecule has 2 aromatic heterocycles. The fourth-order valence-electron chi connectivity index (χ4n) is 3.10. The van der Waals surface area contributed by atoms with Crippen molar-refractivity contribution in [2.45, 2.75) is 38.6 Å². The SMILES string of the molecule is CCc1ccc(CCCOc2ccc(C[C@H](C(=O)O)n3ccc(Br)c3)cc2)nc1. The van der Waals surface area contributed by atoms with E-state index in [0.29, 0.717) is 13.0 Å². The first-order valence-electron chi connectivity index (χ1n) is 9.76. The molecule has 0 fully saturated rings. The molecule has 1 N–H and O–H groups in total. The summed E-state index contributed by atoms with van der Waals surface area (Å²) in [5.74, 6) is -0.0624. The van der Waals surface area contributed by atoms with Crippen molar-refractivity contribution < 1.29 is 14.6 Å². The number of hydrogen-bond donors (Lipinski definition) is 1. The lowest BCUT2D eigenvalue weighted by atomic mass is 10.1. The van der Waals surface area contributed by atoms with Gasteiger partial charge in [0.1, 0.15) is 11.8 Å². The van der Waals surface area contributed by atoms with E-state index in [1.54, 1.807) is 17.0 Å². The standard InChI is InChI=1S/C23H25BrN2O3/c1-2-17-5-8-20(25-15-17)4-3-13-29-21-9-6-18(7-10-21)14-22(23(27)28)26-12-11-19(24)16-26/h5-12,15-16,22H,2-4,13-14H2,1H3,(H,27,28)/t22-/m1/s1. The Morgan fingerprint density at radius 2 is 1.93 bits per heavy atom. The minimum absolute atomic E-state index is 0.413. The summed E-state index contributed by atoms with van der Waals surface area (Å²) in [6.45, 7) is 2.74. The van der Waals surface area contributed by atoms with Crippen LogP contribution >= 0.6 is 15.9 Å². The van der Waals surface area contributed by atoms with E-state index < -0.39 is 12.0 Å². The van der Waals surface area contributed by atoms with E-state index in [-0.39, 0.29) is 0 Å². The molecule has 152 valence electrons. The number of benzene rings is 1. The zero-order chi connectivity index (χ0) is 20.6. The van der Waals surface area contributed by atoms with Crippen LogP contribution in [0.1, 0.15) is 36.2 Å². The van der Waals surface area contributed by atoms with Crippen LogP contribution in [0.4, 0.5) is 0 Å². The van der Waals surface area contributed by atoms with Gasteiger partial charge in [-0.15, -0.1) is 0 Å². The van der Waals surface area contributed by atoms with Crippen molar-refractivity contribution in [3.05, 3.63) is 82.3 Å². The zero-order valence-corrected chi connectivity index (χ0v) is 18.0. The van der Waals surface area contributed by atoms with Gasteiger partial charge < -0.3 is 14.4 Å². The molecule has 1 aromatic carbocycles. The molecule has 5 nitrogen and oxygen atoms in total. The number of aromatic nitrogens is 2. The molecule has 0 unspecified atom stereocenters. The van der Waals surface area contributed by atoms with Crippen LogP contribution in [0, 0.1) is 0 Å². The average Bonchev–Trinajstić information content (AvgIpc) is 3.16. The Labute approximate surface area is 179 Å². The molecule has 0 saturated heterocycles.